The second-order valence-corrected chi connectivity index (χ2v) is 4.40. The minimum Gasteiger partial charge on any atom is -0.496 e. The van der Waals surface area contributed by atoms with Gasteiger partial charge in [-0.05, 0) is 19.9 Å². The Labute approximate surface area is 96.8 Å². The molecule has 3 nitrogen and oxygen atoms in total. The average molecular weight is 221 g/mol. The van der Waals surface area contributed by atoms with Gasteiger partial charge in [0.1, 0.15) is 5.75 Å². The summed E-state index contributed by atoms with van der Waals surface area (Å²) in [7, 11) is 1.71. The molecule has 1 N–H and O–H groups in total. The van der Waals surface area contributed by atoms with Crippen LogP contribution in [0.1, 0.15) is 24.1 Å². The zero-order valence-corrected chi connectivity index (χ0v) is 10.1. The van der Waals surface area contributed by atoms with Gasteiger partial charge in [-0.15, -0.1) is 0 Å². The number of morpholine rings is 1. The third kappa shape index (κ3) is 2.36. The van der Waals surface area contributed by atoms with E-state index < -0.39 is 0 Å². The van der Waals surface area contributed by atoms with Gasteiger partial charge in [-0.25, -0.2) is 0 Å². The number of nitrogens with one attached hydrogen (secondary N) is 1. The van der Waals surface area contributed by atoms with Crippen molar-refractivity contribution in [3.8, 4) is 5.75 Å². The summed E-state index contributed by atoms with van der Waals surface area (Å²) in [5.74, 6) is 0.931. The SMILES string of the molecule is COc1ccc(C)cc1C1COCC(C)N1. The predicted octanol–water partition coefficient (Wildman–Crippen LogP) is 2.05. The van der Waals surface area contributed by atoms with Gasteiger partial charge in [-0.1, -0.05) is 17.7 Å². The van der Waals surface area contributed by atoms with Crippen LogP contribution in [-0.4, -0.2) is 26.4 Å². The minimum atomic E-state index is 0.235. The molecule has 1 saturated heterocycles. The van der Waals surface area contributed by atoms with E-state index in [2.05, 4.69) is 31.3 Å². The highest BCUT2D eigenvalue weighted by Gasteiger charge is 2.22. The lowest BCUT2D eigenvalue weighted by atomic mass is 10.0. The molecule has 0 aliphatic carbocycles. The normalized spacial score (nSPS) is 25.4. The van der Waals surface area contributed by atoms with Gasteiger partial charge in [0.05, 0.1) is 26.4 Å². The van der Waals surface area contributed by atoms with Gasteiger partial charge in [-0.2, -0.15) is 0 Å². The Kier molecular flexibility index (Phi) is 3.46. The summed E-state index contributed by atoms with van der Waals surface area (Å²) in [6.07, 6.45) is 0. The molecule has 0 amide bonds. The van der Waals surface area contributed by atoms with Crippen molar-refractivity contribution in [1.29, 1.82) is 0 Å². The Balaban J connectivity index is 2.26. The van der Waals surface area contributed by atoms with E-state index in [9.17, 15) is 0 Å². The van der Waals surface area contributed by atoms with Gasteiger partial charge >= 0.3 is 0 Å². The first-order valence-electron chi connectivity index (χ1n) is 5.69. The van der Waals surface area contributed by atoms with Crippen LogP contribution in [0.25, 0.3) is 0 Å². The molecule has 88 valence electrons. The van der Waals surface area contributed by atoms with Gasteiger partial charge in [-0.3, -0.25) is 0 Å². The van der Waals surface area contributed by atoms with E-state index in [4.69, 9.17) is 9.47 Å². The molecule has 3 heteroatoms. The molecule has 16 heavy (non-hydrogen) atoms. The van der Waals surface area contributed by atoms with E-state index in [1.807, 2.05) is 6.07 Å². The van der Waals surface area contributed by atoms with E-state index in [1.54, 1.807) is 7.11 Å². The molecule has 1 aliphatic heterocycles. The van der Waals surface area contributed by atoms with Crippen molar-refractivity contribution in [3.63, 3.8) is 0 Å². The Morgan fingerprint density at radius 2 is 2.19 bits per heavy atom. The predicted molar refractivity (Wildman–Crippen MR) is 63.9 cm³/mol. The van der Waals surface area contributed by atoms with Gasteiger partial charge in [0.2, 0.25) is 0 Å². The Morgan fingerprint density at radius 1 is 1.38 bits per heavy atom. The van der Waals surface area contributed by atoms with Crippen molar-refractivity contribution in [2.75, 3.05) is 20.3 Å². The quantitative estimate of drug-likeness (QED) is 0.829. The number of ether oxygens (including phenoxy) is 2. The van der Waals surface area contributed by atoms with Crippen molar-refractivity contribution >= 4 is 0 Å². The van der Waals surface area contributed by atoms with Crippen LogP contribution in [-0.2, 0) is 4.74 Å². The van der Waals surface area contributed by atoms with Gasteiger partial charge in [0.25, 0.3) is 0 Å². The maximum Gasteiger partial charge on any atom is 0.123 e. The molecule has 1 fully saturated rings. The summed E-state index contributed by atoms with van der Waals surface area (Å²) in [6.45, 7) is 5.72. The molecule has 0 saturated carbocycles. The van der Waals surface area contributed by atoms with Crippen LogP contribution in [0.15, 0.2) is 18.2 Å². The molecule has 0 bridgehead atoms. The Bertz CT molecular complexity index is 365. The molecule has 1 aromatic carbocycles. The highest BCUT2D eigenvalue weighted by molar-refractivity contribution is 5.39. The number of benzene rings is 1. The molecule has 0 radical (unpaired) electrons. The van der Waals surface area contributed by atoms with Crippen LogP contribution in [0.2, 0.25) is 0 Å². The lowest BCUT2D eigenvalue weighted by molar-refractivity contribution is 0.0497. The second-order valence-electron chi connectivity index (χ2n) is 4.40. The number of aryl methyl sites for hydroxylation is 1. The summed E-state index contributed by atoms with van der Waals surface area (Å²) in [5.41, 5.74) is 2.44. The fraction of sp³-hybridized carbons (Fsp3) is 0.538. The monoisotopic (exact) mass is 221 g/mol. The van der Waals surface area contributed by atoms with E-state index in [0.29, 0.717) is 12.6 Å². The van der Waals surface area contributed by atoms with Gasteiger partial charge < -0.3 is 14.8 Å². The fourth-order valence-corrected chi connectivity index (χ4v) is 2.11. The zero-order chi connectivity index (χ0) is 11.5. The average Bonchev–Trinajstić information content (AvgIpc) is 2.29. The third-order valence-electron chi connectivity index (χ3n) is 2.90. The first kappa shape index (κ1) is 11.4. The standard InChI is InChI=1S/C13H19NO2/c1-9-4-5-13(15-3)11(6-9)12-8-16-7-10(2)14-12/h4-6,10,12,14H,7-8H2,1-3H3. The number of rotatable bonds is 2. The van der Waals surface area contributed by atoms with Crippen molar-refractivity contribution < 1.29 is 9.47 Å². The first-order chi connectivity index (χ1) is 7.70. The molecular weight excluding hydrogens is 202 g/mol. The van der Waals surface area contributed by atoms with Crippen molar-refractivity contribution in [3.05, 3.63) is 29.3 Å². The van der Waals surface area contributed by atoms with E-state index in [1.165, 1.54) is 11.1 Å². The maximum absolute atomic E-state index is 5.57. The van der Waals surface area contributed by atoms with Gasteiger partial charge in [0, 0.05) is 11.6 Å². The zero-order valence-electron chi connectivity index (χ0n) is 10.1. The lowest BCUT2D eigenvalue weighted by Crippen LogP contribution is -2.41. The third-order valence-corrected chi connectivity index (χ3v) is 2.90. The summed E-state index contributed by atoms with van der Waals surface area (Å²) in [4.78, 5) is 0. The van der Waals surface area contributed by atoms with E-state index >= 15 is 0 Å². The maximum atomic E-state index is 5.57. The van der Waals surface area contributed by atoms with Crippen molar-refractivity contribution in [2.24, 2.45) is 0 Å². The van der Waals surface area contributed by atoms with Crippen LogP contribution >= 0.6 is 0 Å². The molecule has 2 unspecified atom stereocenters. The molecule has 1 aromatic rings. The smallest absolute Gasteiger partial charge is 0.123 e. The minimum absolute atomic E-state index is 0.235. The summed E-state index contributed by atoms with van der Waals surface area (Å²) in [5, 5.41) is 3.53. The van der Waals surface area contributed by atoms with Crippen molar-refractivity contribution in [1.82, 2.24) is 5.32 Å². The molecule has 2 atom stereocenters. The fourth-order valence-electron chi connectivity index (χ4n) is 2.11. The molecule has 2 rings (SSSR count). The molecule has 1 heterocycles. The van der Waals surface area contributed by atoms with Crippen LogP contribution in [0.5, 0.6) is 5.75 Å². The second kappa shape index (κ2) is 4.85. The van der Waals surface area contributed by atoms with E-state index in [0.717, 1.165) is 12.4 Å². The Hall–Kier alpha value is -1.06. The Morgan fingerprint density at radius 3 is 2.88 bits per heavy atom. The van der Waals surface area contributed by atoms with Gasteiger partial charge in [0.15, 0.2) is 0 Å². The highest BCUT2D eigenvalue weighted by atomic mass is 16.5. The summed E-state index contributed by atoms with van der Waals surface area (Å²) in [6, 6.07) is 6.88. The first-order valence-corrected chi connectivity index (χ1v) is 5.69. The largest absolute Gasteiger partial charge is 0.496 e. The van der Waals surface area contributed by atoms with Crippen LogP contribution in [0, 0.1) is 6.92 Å². The molecule has 0 aromatic heterocycles. The summed E-state index contributed by atoms with van der Waals surface area (Å²) >= 11 is 0. The lowest BCUT2D eigenvalue weighted by Gasteiger charge is -2.30. The van der Waals surface area contributed by atoms with E-state index in [-0.39, 0.29) is 6.04 Å². The summed E-state index contributed by atoms with van der Waals surface area (Å²) < 4.78 is 11.0. The van der Waals surface area contributed by atoms with Crippen LogP contribution < -0.4 is 10.1 Å². The number of methoxy groups -OCH3 is 1. The van der Waals surface area contributed by atoms with Crippen LogP contribution in [0.4, 0.5) is 0 Å². The van der Waals surface area contributed by atoms with Crippen molar-refractivity contribution in [2.45, 2.75) is 25.9 Å². The van der Waals surface area contributed by atoms with Crippen LogP contribution in [0.3, 0.4) is 0 Å². The number of hydrogen-bond acceptors (Lipinski definition) is 3. The number of hydrogen-bond donors (Lipinski definition) is 1. The molecule has 0 spiro atoms. The topological polar surface area (TPSA) is 30.5 Å². The molecular formula is C13H19NO2. The molecule has 1 aliphatic rings. The highest BCUT2D eigenvalue weighted by Crippen LogP contribution is 2.28.